The second kappa shape index (κ2) is 8.61. The SMILES string of the molecule is COc1ccc(NC(C)C(=O)N/N=C(\C)c2ccc([N+](=O)[O-])cc2)cc1. The van der Waals surface area contributed by atoms with E-state index in [-0.39, 0.29) is 11.6 Å². The largest absolute Gasteiger partial charge is 0.497 e. The van der Waals surface area contributed by atoms with Crippen LogP contribution < -0.4 is 15.5 Å². The van der Waals surface area contributed by atoms with Gasteiger partial charge in [-0.1, -0.05) is 0 Å². The van der Waals surface area contributed by atoms with Gasteiger partial charge in [0.15, 0.2) is 0 Å². The molecule has 1 unspecified atom stereocenters. The van der Waals surface area contributed by atoms with E-state index < -0.39 is 11.0 Å². The number of non-ortho nitro benzene ring substituents is 1. The van der Waals surface area contributed by atoms with Crippen molar-refractivity contribution in [3.63, 3.8) is 0 Å². The molecule has 0 saturated carbocycles. The highest BCUT2D eigenvalue weighted by Gasteiger charge is 2.12. The van der Waals surface area contributed by atoms with Crippen molar-refractivity contribution in [2.45, 2.75) is 19.9 Å². The average molecular weight is 356 g/mol. The Morgan fingerprint density at radius 3 is 2.31 bits per heavy atom. The number of nitro benzene ring substituents is 1. The molecule has 0 aliphatic carbocycles. The predicted molar refractivity (Wildman–Crippen MR) is 99.5 cm³/mol. The lowest BCUT2D eigenvalue weighted by atomic mass is 10.1. The van der Waals surface area contributed by atoms with Crippen LogP contribution in [0.15, 0.2) is 53.6 Å². The second-order valence-corrected chi connectivity index (χ2v) is 5.57. The number of hydrazone groups is 1. The third kappa shape index (κ3) is 5.04. The van der Waals surface area contributed by atoms with E-state index in [1.165, 1.54) is 12.1 Å². The summed E-state index contributed by atoms with van der Waals surface area (Å²) in [5, 5.41) is 17.8. The van der Waals surface area contributed by atoms with Crippen molar-refractivity contribution in [3.05, 3.63) is 64.2 Å². The van der Waals surface area contributed by atoms with Crippen molar-refractivity contribution in [1.82, 2.24) is 5.43 Å². The highest BCUT2D eigenvalue weighted by atomic mass is 16.6. The van der Waals surface area contributed by atoms with Gasteiger partial charge in [0.05, 0.1) is 17.7 Å². The molecule has 0 radical (unpaired) electrons. The standard InChI is InChI=1S/C18H20N4O4/c1-12(14-4-8-16(9-5-14)22(24)25)20-21-18(23)13(2)19-15-6-10-17(26-3)11-7-15/h4-11,13,19H,1-3H3,(H,21,23)/b20-12+. The zero-order valence-electron chi connectivity index (χ0n) is 14.7. The molecule has 0 bridgehead atoms. The number of benzene rings is 2. The van der Waals surface area contributed by atoms with Gasteiger partial charge >= 0.3 is 0 Å². The minimum absolute atomic E-state index is 0.00268. The van der Waals surface area contributed by atoms with Crippen LogP contribution in [0.2, 0.25) is 0 Å². The fraction of sp³-hybridized carbons (Fsp3) is 0.222. The number of methoxy groups -OCH3 is 1. The summed E-state index contributed by atoms with van der Waals surface area (Å²) in [4.78, 5) is 22.3. The molecule has 136 valence electrons. The van der Waals surface area contributed by atoms with Crippen molar-refractivity contribution in [1.29, 1.82) is 0 Å². The summed E-state index contributed by atoms with van der Waals surface area (Å²) >= 11 is 0. The van der Waals surface area contributed by atoms with Gasteiger partial charge in [0.25, 0.3) is 11.6 Å². The number of carbonyl (C=O) groups excluding carboxylic acids is 1. The summed E-state index contributed by atoms with van der Waals surface area (Å²) in [5.41, 5.74) is 4.51. The quantitative estimate of drug-likeness (QED) is 0.451. The van der Waals surface area contributed by atoms with Crippen molar-refractivity contribution in [2.24, 2.45) is 5.10 Å². The van der Waals surface area contributed by atoms with Crippen molar-refractivity contribution in [2.75, 3.05) is 12.4 Å². The Labute approximate surface area is 151 Å². The number of nitrogens with zero attached hydrogens (tertiary/aromatic N) is 2. The molecule has 0 aliphatic rings. The number of anilines is 1. The van der Waals surface area contributed by atoms with E-state index in [1.54, 1.807) is 45.2 Å². The number of hydrogen-bond acceptors (Lipinski definition) is 6. The summed E-state index contributed by atoms with van der Waals surface area (Å²) in [6.07, 6.45) is 0. The Hall–Kier alpha value is -3.42. The molecule has 0 aliphatic heterocycles. The van der Waals surface area contributed by atoms with Crippen LogP contribution in [0.25, 0.3) is 0 Å². The Morgan fingerprint density at radius 2 is 1.77 bits per heavy atom. The van der Waals surface area contributed by atoms with E-state index in [4.69, 9.17) is 4.74 Å². The number of hydrogen-bond donors (Lipinski definition) is 2. The van der Waals surface area contributed by atoms with Gasteiger partial charge in [0.2, 0.25) is 0 Å². The minimum Gasteiger partial charge on any atom is -0.497 e. The van der Waals surface area contributed by atoms with Gasteiger partial charge < -0.3 is 10.1 Å². The molecule has 8 nitrogen and oxygen atoms in total. The van der Waals surface area contributed by atoms with E-state index in [2.05, 4.69) is 15.8 Å². The summed E-state index contributed by atoms with van der Waals surface area (Å²) < 4.78 is 5.09. The summed E-state index contributed by atoms with van der Waals surface area (Å²) in [5.74, 6) is 0.429. The third-order valence-corrected chi connectivity index (χ3v) is 3.70. The molecular weight excluding hydrogens is 336 g/mol. The lowest BCUT2D eigenvalue weighted by Gasteiger charge is -2.14. The van der Waals surface area contributed by atoms with E-state index >= 15 is 0 Å². The fourth-order valence-electron chi connectivity index (χ4n) is 2.13. The molecule has 0 saturated heterocycles. The number of nitro groups is 1. The van der Waals surface area contributed by atoms with Crippen LogP contribution in [0.3, 0.4) is 0 Å². The molecule has 2 N–H and O–H groups in total. The number of amides is 1. The predicted octanol–water partition coefficient (Wildman–Crippen LogP) is 2.94. The first kappa shape index (κ1) is 18.9. The minimum atomic E-state index is -0.503. The Morgan fingerprint density at radius 1 is 1.15 bits per heavy atom. The van der Waals surface area contributed by atoms with Crippen LogP contribution >= 0.6 is 0 Å². The molecule has 0 aromatic heterocycles. The van der Waals surface area contributed by atoms with Crippen LogP contribution in [-0.2, 0) is 4.79 Å². The third-order valence-electron chi connectivity index (χ3n) is 3.70. The lowest BCUT2D eigenvalue weighted by Crippen LogP contribution is -2.35. The Kier molecular flexibility index (Phi) is 6.26. The highest BCUT2D eigenvalue weighted by molar-refractivity contribution is 5.99. The molecule has 8 heteroatoms. The van der Waals surface area contributed by atoms with Gasteiger partial charge in [-0.25, -0.2) is 5.43 Å². The average Bonchev–Trinajstić information content (AvgIpc) is 2.66. The van der Waals surface area contributed by atoms with Gasteiger partial charge in [0, 0.05) is 17.8 Å². The summed E-state index contributed by atoms with van der Waals surface area (Å²) in [7, 11) is 1.59. The van der Waals surface area contributed by atoms with Gasteiger partial charge in [-0.15, -0.1) is 0 Å². The van der Waals surface area contributed by atoms with Gasteiger partial charge in [-0.3, -0.25) is 14.9 Å². The van der Waals surface area contributed by atoms with Crippen LogP contribution in [0, 0.1) is 10.1 Å². The van der Waals surface area contributed by atoms with Crippen LogP contribution in [-0.4, -0.2) is 29.7 Å². The number of rotatable bonds is 7. The van der Waals surface area contributed by atoms with Crippen molar-refractivity contribution >= 4 is 23.0 Å². The first-order valence-electron chi connectivity index (χ1n) is 7.90. The number of carbonyl (C=O) groups is 1. The molecule has 26 heavy (non-hydrogen) atoms. The van der Waals surface area contributed by atoms with Crippen LogP contribution in [0.4, 0.5) is 11.4 Å². The van der Waals surface area contributed by atoms with Crippen LogP contribution in [0.5, 0.6) is 5.75 Å². The normalized spacial score (nSPS) is 12.2. The highest BCUT2D eigenvalue weighted by Crippen LogP contribution is 2.16. The van der Waals surface area contributed by atoms with Crippen molar-refractivity contribution < 1.29 is 14.5 Å². The smallest absolute Gasteiger partial charge is 0.269 e. The number of nitrogens with one attached hydrogen (secondary N) is 2. The first-order chi connectivity index (χ1) is 12.4. The molecule has 2 aromatic carbocycles. The summed E-state index contributed by atoms with van der Waals surface area (Å²) in [6.45, 7) is 3.43. The van der Waals surface area contributed by atoms with Crippen molar-refractivity contribution in [3.8, 4) is 5.75 Å². The zero-order chi connectivity index (χ0) is 19.1. The maximum Gasteiger partial charge on any atom is 0.269 e. The van der Waals surface area contributed by atoms with E-state index in [9.17, 15) is 14.9 Å². The topological polar surface area (TPSA) is 106 Å². The molecule has 2 rings (SSSR count). The van der Waals surface area contributed by atoms with Gasteiger partial charge in [-0.05, 0) is 55.8 Å². The number of ether oxygens (including phenoxy) is 1. The van der Waals surface area contributed by atoms with Gasteiger partial charge in [-0.2, -0.15) is 5.10 Å². The second-order valence-electron chi connectivity index (χ2n) is 5.57. The monoisotopic (exact) mass is 356 g/mol. The molecule has 0 heterocycles. The maximum atomic E-state index is 12.2. The lowest BCUT2D eigenvalue weighted by molar-refractivity contribution is -0.384. The summed E-state index contributed by atoms with van der Waals surface area (Å²) in [6, 6.07) is 12.7. The Bertz CT molecular complexity index is 801. The van der Waals surface area contributed by atoms with E-state index in [0.29, 0.717) is 11.3 Å². The van der Waals surface area contributed by atoms with Gasteiger partial charge in [0.1, 0.15) is 11.8 Å². The molecular formula is C18H20N4O4. The first-order valence-corrected chi connectivity index (χ1v) is 7.90. The molecule has 0 spiro atoms. The Balaban J connectivity index is 1.94. The zero-order valence-corrected chi connectivity index (χ0v) is 14.7. The van der Waals surface area contributed by atoms with E-state index in [1.807, 2.05) is 12.1 Å². The van der Waals surface area contributed by atoms with Crippen LogP contribution in [0.1, 0.15) is 19.4 Å². The maximum absolute atomic E-state index is 12.2. The molecule has 2 aromatic rings. The molecule has 1 atom stereocenters. The van der Waals surface area contributed by atoms with E-state index in [0.717, 1.165) is 11.4 Å². The molecule has 0 fully saturated rings. The molecule has 1 amide bonds. The fourth-order valence-corrected chi connectivity index (χ4v) is 2.13.